The lowest BCUT2D eigenvalue weighted by Gasteiger charge is -2.47. The number of methoxy groups -OCH3 is 1. The van der Waals surface area contributed by atoms with E-state index in [2.05, 4.69) is 20.4 Å². The Morgan fingerprint density at radius 3 is 2.77 bits per heavy atom. The van der Waals surface area contributed by atoms with Crippen LogP contribution in [0.2, 0.25) is 0 Å². The van der Waals surface area contributed by atoms with Crippen LogP contribution in [-0.2, 0) is 19.0 Å². The first-order valence-corrected chi connectivity index (χ1v) is 9.62. The number of carbonyl (C=O) groups is 1. The molecule has 0 aromatic heterocycles. The molecule has 1 spiro atoms. The van der Waals surface area contributed by atoms with Crippen molar-refractivity contribution in [1.29, 1.82) is 0 Å². The van der Waals surface area contributed by atoms with E-state index in [0.29, 0.717) is 12.3 Å². The van der Waals surface area contributed by atoms with Gasteiger partial charge in [-0.3, -0.25) is 4.79 Å². The van der Waals surface area contributed by atoms with Gasteiger partial charge in [0.1, 0.15) is 0 Å². The Kier molecular flexibility index (Phi) is 3.89. The fourth-order valence-electron chi connectivity index (χ4n) is 6.17. The molecule has 0 amide bonds. The Morgan fingerprint density at radius 2 is 2.08 bits per heavy atom. The zero-order chi connectivity index (χ0) is 19.0. The van der Waals surface area contributed by atoms with Crippen molar-refractivity contribution >= 4 is 5.78 Å². The van der Waals surface area contributed by atoms with Crippen molar-refractivity contribution in [2.45, 2.75) is 82.6 Å². The maximum Gasteiger partial charge on any atom is 0.205 e. The average molecular weight is 362 g/mol. The minimum atomic E-state index is -1.49. The van der Waals surface area contributed by atoms with E-state index in [9.17, 15) is 9.90 Å². The Labute approximate surface area is 155 Å². The van der Waals surface area contributed by atoms with Gasteiger partial charge in [-0.2, -0.15) is 0 Å². The molecule has 1 saturated carbocycles. The summed E-state index contributed by atoms with van der Waals surface area (Å²) in [6.07, 6.45) is 5.21. The van der Waals surface area contributed by atoms with E-state index in [-0.39, 0.29) is 17.6 Å². The normalized spacial score (nSPS) is 49.5. The van der Waals surface area contributed by atoms with E-state index in [4.69, 9.17) is 14.2 Å². The predicted octanol–water partition coefficient (Wildman–Crippen LogP) is 3.27. The molecule has 2 heterocycles. The third kappa shape index (κ3) is 2.09. The Balaban J connectivity index is 1.82. The van der Waals surface area contributed by atoms with Gasteiger partial charge < -0.3 is 19.3 Å². The molecule has 5 atom stereocenters. The number of epoxide rings is 1. The standard InChI is InChI=1S/C21H30O5/c1-13-6-7-15-8-9-19-17(24-5)25-20(23,12-14(2)11-16(22)10-13)21(19,26-19)18(15,3)4/h11,15,17,23H,1,6-10,12H2,2-5H3/b14-11+/t15-,17-,19-,20-,21-/m1/s1. The van der Waals surface area contributed by atoms with Gasteiger partial charge in [0.2, 0.25) is 5.79 Å². The molecule has 26 heavy (non-hydrogen) atoms. The minimum Gasteiger partial charge on any atom is -0.363 e. The van der Waals surface area contributed by atoms with Crippen molar-refractivity contribution in [2.75, 3.05) is 7.11 Å². The summed E-state index contributed by atoms with van der Waals surface area (Å²) in [6, 6.07) is 0. The van der Waals surface area contributed by atoms with Gasteiger partial charge in [-0.1, -0.05) is 31.6 Å². The second-order valence-corrected chi connectivity index (χ2v) is 9.20. The van der Waals surface area contributed by atoms with Crippen LogP contribution in [0.25, 0.3) is 0 Å². The molecule has 3 fully saturated rings. The second-order valence-electron chi connectivity index (χ2n) is 9.20. The fraction of sp³-hybridized carbons (Fsp3) is 0.762. The summed E-state index contributed by atoms with van der Waals surface area (Å²) in [5.74, 6) is -1.10. The molecule has 2 saturated heterocycles. The third-order valence-corrected chi connectivity index (χ3v) is 7.33. The number of rotatable bonds is 1. The molecule has 4 aliphatic rings. The van der Waals surface area contributed by atoms with Crippen molar-refractivity contribution in [2.24, 2.45) is 11.3 Å². The molecule has 4 rings (SSSR count). The molecule has 144 valence electrons. The van der Waals surface area contributed by atoms with Crippen LogP contribution in [0.5, 0.6) is 0 Å². The summed E-state index contributed by atoms with van der Waals surface area (Å²) in [6.45, 7) is 10.3. The van der Waals surface area contributed by atoms with Crippen molar-refractivity contribution < 1.29 is 24.1 Å². The highest BCUT2D eigenvalue weighted by Gasteiger charge is 2.93. The van der Waals surface area contributed by atoms with Crippen molar-refractivity contribution in [1.82, 2.24) is 0 Å². The molecule has 1 N–H and O–H groups in total. The number of hydrogen-bond donors (Lipinski definition) is 1. The largest absolute Gasteiger partial charge is 0.363 e. The molecule has 5 nitrogen and oxygen atoms in total. The topological polar surface area (TPSA) is 68.3 Å². The lowest BCUT2D eigenvalue weighted by molar-refractivity contribution is -0.312. The SMILES string of the molecule is C=C1CC[C@@H]2CC[C@]34O[C@@]3(C2(C)C)[C@@](O)(C/C(C)=C/C(=O)C1)O[C@H]4OC. The van der Waals surface area contributed by atoms with E-state index >= 15 is 0 Å². The van der Waals surface area contributed by atoms with Crippen molar-refractivity contribution in [3.63, 3.8) is 0 Å². The lowest BCUT2D eigenvalue weighted by Crippen LogP contribution is -2.59. The fourth-order valence-corrected chi connectivity index (χ4v) is 6.17. The average Bonchev–Trinajstić information content (AvgIpc) is 3.19. The van der Waals surface area contributed by atoms with E-state index in [1.165, 1.54) is 0 Å². The number of ether oxygens (including phenoxy) is 3. The highest BCUT2D eigenvalue weighted by atomic mass is 16.8. The molecule has 2 bridgehead atoms. The molecule has 0 unspecified atom stereocenters. The second kappa shape index (κ2) is 5.51. The molecule has 0 aromatic carbocycles. The van der Waals surface area contributed by atoms with Gasteiger partial charge in [0.05, 0.1) is 0 Å². The first-order chi connectivity index (χ1) is 12.1. The smallest absolute Gasteiger partial charge is 0.205 e. The Bertz CT molecular complexity index is 695. The Hall–Kier alpha value is -1.01. The highest BCUT2D eigenvalue weighted by molar-refractivity contribution is 5.91. The van der Waals surface area contributed by atoms with Crippen LogP contribution in [0.1, 0.15) is 59.3 Å². The molecule has 0 radical (unpaired) electrons. The van der Waals surface area contributed by atoms with Crippen LogP contribution in [0, 0.1) is 11.3 Å². The van der Waals surface area contributed by atoms with E-state index < -0.39 is 23.3 Å². The minimum absolute atomic E-state index is 0.0304. The van der Waals surface area contributed by atoms with Gasteiger partial charge in [0.15, 0.2) is 23.3 Å². The number of ketones is 1. The summed E-state index contributed by atoms with van der Waals surface area (Å²) < 4.78 is 18.1. The van der Waals surface area contributed by atoms with Gasteiger partial charge in [0.25, 0.3) is 0 Å². The lowest BCUT2D eigenvalue weighted by atomic mass is 9.54. The molecule has 5 heteroatoms. The van der Waals surface area contributed by atoms with Crippen LogP contribution in [-0.4, -0.2) is 41.3 Å². The Morgan fingerprint density at radius 1 is 1.35 bits per heavy atom. The summed E-state index contributed by atoms with van der Waals surface area (Å²) in [7, 11) is 1.60. The number of fused-ring (bicyclic) bond motifs is 1. The molecular formula is C21H30O5. The number of aliphatic hydroxyl groups is 1. The van der Waals surface area contributed by atoms with Crippen molar-refractivity contribution in [3.05, 3.63) is 23.8 Å². The van der Waals surface area contributed by atoms with Gasteiger partial charge in [-0.05, 0) is 44.6 Å². The van der Waals surface area contributed by atoms with E-state index in [0.717, 1.165) is 36.8 Å². The van der Waals surface area contributed by atoms with E-state index in [1.807, 2.05) is 6.92 Å². The van der Waals surface area contributed by atoms with Crippen LogP contribution in [0.4, 0.5) is 0 Å². The van der Waals surface area contributed by atoms with E-state index in [1.54, 1.807) is 13.2 Å². The zero-order valence-electron chi connectivity index (χ0n) is 16.3. The first kappa shape index (κ1) is 18.4. The number of allylic oxidation sites excluding steroid dienone is 2. The van der Waals surface area contributed by atoms with Gasteiger partial charge in [-0.25, -0.2) is 0 Å². The van der Waals surface area contributed by atoms with Gasteiger partial charge in [-0.15, -0.1) is 0 Å². The molecule has 2 aliphatic carbocycles. The molecular weight excluding hydrogens is 332 g/mol. The summed E-state index contributed by atoms with van der Waals surface area (Å²) in [5.41, 5.74) is 0.0855. The van der Waals surface area contributed by atoms with Crippen molar-refractivity contribution in [3.8, 4) is 0 Å². The summed E-state index contributed by atoms with van der Waals surface area (Å²) >= 11 is 0. The number of carbonyl (C=O) groups excluding carboxylic acids is 1. The first-order valence-electron chi connectivity index (χ1n) is 9.62. The predicted molar refractivity (Wildman–Crippen MR) is 96.3 cm³/mol. The number of hydrogen-bond acceptors (Lipinski definition) is 5. The quantitative estimate of drug-likeness (QED) is 0.573. The third-order valence-electron chi connectivity index (χ3n) is 7.33. The maximum absolute atomic E-state index is 12.3. The van der Waals surface area contributed by atoms with Crippen LogP contribution in [0.3, 0.4) is 0 Å². The highest BCUT2D eigenvalue weighted by Crippen LogP contribution is 2.77. The van der Waals surface area contributed by atoms with Crippen LogP contribution < -0.4 is 0 Å². The molecule has 2 aliphatic heterocycles. The van der Waals surface area contributed by atoms with Crippen LogP contribution >= 0.6 is 0 Å². The van der Waals surface area contributed by atoms with Gasteiger partial charge >= 0.3 is 0 Å². The van der Waals surface area contributed by atoms with Gasteiger partial charge in [0, 0.05) is 25.4 Å². The monoisotopic (exact) mass is 362 g/mol. The summed E-state index contributed by atoms with van der Waals surface area (Å²) in [5, 5.41) is 11.7. The summed E-state index contributed by atoms with van der Waals surface area (Å²) in [4.78, 5) is 12.3. The zero-order valence-corrected chi connectivity index (χ0v) is 16.3. The maximum atomic E-state index is 12.3. The van der Waals surface area contributed by atoms with Crippen LogP contribution in [0.15, 0.2) is 23.8 Å². The molecule has 0 aromatic rings.